The highest BCUT2D eigenvalue weighted by Crippen LogP contribution is 2.04. The van der Waals surface area contributed by atoms with Crippen LogP contribution < -0.4 is 5.32 Å². The highest BCUT2D eigenvalue weighted by Gasteiger charge is 1.82. The fourth-order valence-electron chi connectivity index (χ4n) is 0.633. The molecule has 0 saturated carbocycles. The van der Waals surface area contributed by atoms with Crippen LogP contribution in [0.15, 0.2) is 30.3 Å². The van der Waals surface area contributed by atoms with Crippen molar-refractivity contribution in [1.29, 1.82) is 0 Å². The highest BCUT2D eigenvalue weighted by molar-refractivity contribution is 14.1. The molecule has 0 heterocycles. The summed E-state index contributed by atoms with van der Waals surface area (Å²) in [6.07, 6.45) is 0. The Bertz CT molecular complexity index is 162. The maximum atomic E-state index is 3.19. The summed E-state index contributed by atoms with van der Waals surface area (Å²) in [5.41, 5.74) is 1.19. The molecule has 1 aromatic carbocycles. The molecule has 0 radical (unpaired) electrons. The molecule has 0 aliphatic heterocycles. The van der Waals surface area contributed by atoms with E-state index < -0.39 is 0 Å². The zero-order valence-corrected chi connectivity index (χ0v) is 7.13. The van der Waals surface area contributed by atoms with Crippen molar-refractivity contribution < 1.29 is 0 Å². The molecule has 0 fully saturated rings. The third kappa shape index (κ3) is 2.22. The molecule has 1 rings (SSSR count). The summed E-state index contributed by atoms with van der Waals surface area (Å²) in [6, 6.07) is 10.2. The van der Waals surface area contributed by atoms with Crippen LogP contribution in [0.4, 0.5) is 5.69 Å². The minimum absolute atomic E-state index is 0.960. The van der Waals surface area contributed by atoms with Crippen LogP contribution in [0.2, 0.25) is 0 Å². The van der Waals surface area contributed by atoms with Crippen molar-refractivity contribution in [2.24, 2.45) is 0 Å². The number of hydrogen-bond donors (Lipinski definition) is 1. The van der Waals surface area contributed by atoms with E-state index in [2.05, 4.69) is 40.0 Å². The lowest BCUT2D eigenvalue weighted by Gasteiger charge is -1.98. The Balaban J connectivity index is 2.61. The molecule has 0 atom stereocenters. The summed E-state index contributed by atoms with van der Waals surface area (Å²) in [5, 5.41) is 3.19. The first kappa shape index (κ1) is 6.86. The van der Waals surface area contributed by atoms with E-state index in [9.17, 15) is 0 Å². The Morgan fingerprint density at radius 1 is 1.22 bits per heavy atom. The Hall–Kier alpha value is -0.250. The minimum atomic E-state index is 0.960. The lowest BCUT2D eigenvalue weighted by atomic mass is 10.3. The van der Waals surface area contributed by atoms with Gasteiger partial charge in [-0.1, -0.05) is 40.8 Å². The number of alkyl halides is 1. The van der Waals surface area contributed by atoms with Gasteiger partial charge in [0.25, 0.3) is 0 Å². The van der Waals surface area contributed by atoms with Crippen LogP contribution in [0.1, 0.15) is 0 Å². The second-order valence-electron chi connectivity index (χ2n) is 1.68. The summed E-state index contributed by atoms with van der Waals surface area (Å²) in [7, 11) is 0. The van der Waals surface area contributed by atoms with Gasteiger partial charge in [0.15, 0.2) is 0 Å². The number of benzene rings is 1. The first-order valence-corrected chi connectivity index (χ1v) is 4.31. The average molecular weight is 233 g/mol. The zero-order valence-electron chi connectivity index (χ0n) is 4.97. The van der Waals surface area contributed by atoms with Crippen LogP contribution in [-0.4, -0.2) is 4.55 Å². The summed E-state index contributed by atoms with van der Waals surface area (Å²) in [6.45, 7) is 0. The van der Waals surface area contributed by atoms with Crippen LogP contribution in [0, 0.1) is 0 Å². The number of rotatable bonds is 2. The van der Waals surface area contributed by atoms with Crippen LogP contribution >= 0.6 is 22.6 Å². The highest BCUT2D eigenvalue weighted by atomic mass is 127. The molecule has 9 heavy (non-hydrogen) atoms. The Morgan fingerprint density at radius 3 is 2.44 bits per heavy atom. The van der Waals surface area contributed by atoms with E-state index in [-0.39, 0.29) is 0 Å². The summed E-state index contributed by atoms with van der Waals surface area (Å²) < 4.78 is 0.960. The van der Waals surface area contributed by atoms with Crippen molar-refractivity contribution >= 4 is 28.3 Å². The van der Waals surface area contributed by atoms with Gasteiger partial charge < -0.3 is 5.32 Å². The second kappa shape index (κ2) is 3.71. The van der Waals surface area contributed by atoms with Gasteiger partial charge in [-0.3, -0.25) is 0 Å². The van der Waals surface area contributed by atoms with Gasteiger partial charge in [0, 0.05) is 5.69 Å². The van der Waals surface area contributed by atoms with Crippen molar-refractivity contribution in [2.45, 2.75) is 0 Å². The van der Waals surface area contributed by atoms with Gasteiger partial charge in [0.05, 0.1) is 4.55 Å². The smallest absolute Gasteiger partial charge is 0.0670 e. The summed E-state index contributed by atoms with van der Waals surface area (Å²) in [5.74, 6) is 0. The van der Waals surface area contributed by atoms with E-state index in [0.717, 1.165) is 4.55 Å². The summed E-state index contributed by atoms with van der Waals surface area (Å²) >= 11 is 2.28. The lowest BCUT2D eigenvalue weighted by Crippen LogP contribution is -1.91. The van der Waals surface area contributed by atoms with Gasteiger partial charge >= 0.3 is 0 Å². The minimum Gasteiger partial charge on any atom is -0.376 e. The molecule has 48 valence electrons. The van der Waals surface area contributed by atoms with E-state index in [1.807, 2.05) is 18.2 Å². The molecule has 0 amide bonds. The van der Waals surface area contributed by atoms with Crippen LogP contribution in [0.25, 0.3) is 0 Å². The maximum absolute atomic E-state index is 3.19. The molecule has 1 nitrogen and oxygen atoms in total. The molecule has 0 spiro atoms. The van der Waals surface area contributed by atoms with Crippen molar-refractivity contribution in [3.05, 3.63) is 30.3 Å². The van der Waals surface area contributed by atoms with Gasteiger partial charge in [-0.2, -0.15) is 0 Å². The Kier molecular flexibility index (Phi) is 2.83. The van der Waals surface area contributed by atoms with Crippen molar-refractivity contribution in [3.8, 4) is 0 Å². The Labute approximate surface area is 68.6 Å². The van der Waals surface area contributed by atoms with E-state index in [1.165, 1.54) is 5.69 Å². The second-order valence-corrected chi connectivity index (χ2v) is 2.44. The predicted octanol–water partition coefficient (Wildman–Crippen LogP) is 2.49. The fraction of sp³-hybridized carbons (Fsp3) is 0.143. The van der Waals surface area contributed by atoms with Gasteiger partial charge in [-0.25, -0.2) is 0 Å². The van der Waals surface area contributed by atoms with Gasteiger partial charge in [0.1, 0.15) is 0 Å². The zero-order chi connectivity index (χ0) is 6.53. The number of hydrogen-bond acceptors (Lipinski definition) is 1. The fourth-order valence-corrected chi connectivity index (χ4v) is 1.07. The number of para-hydroxylation sites is 1. The third-order valence-corrected chi connectivity index (χ3v) is 1.43. The predicted molar refractivity (Wildman–Crippen MR) is 49.0 cm³/mol. The molecule has 0 aliphatic rings. The first-order valence-electron chi connectivity index (χ1n) is 2.78. The molecule has 0 unspecified atom stereocenters. The number of halogens is 1. The molecular weight excluding hydrogens is 225 g/mol. The van der Waals surface area contributed by atoms with E-state index in [4.69, 9.17) is 0 Å². The number of nitrogens with one attached hydrogen (secondary N) is 1. The molecule has 1 N–H and O–H groups in total. The average Bonchev–Trinajstić information content (AvgIpc) is 1.91. The molecule has 0 aromatic heterocycles. The standard InChI is InChI=1S/C7H8IN/c8-6-9-7-4-2-1-3-5-7/h1-5,9H,6H2. The van der Waals surface area contributed by atoms with Gasteiger partial charge in [-0.15, -0.1) is 0 Å². The van der Waals surface area contributed by atoms with E-state index >= 15 is 0 Å². The monoisotopic (exact) mass is 233 g/mol. The summed E-state index contributed by atoms with van der Waals surface area (Å²) in [4.78, 5) is 0. The van der Waals surface area contributed by atoms with Crippen molar-refractivity contribution in [1.82, 2.24) is 0 Å². The lowest BCUT2D eigenvalue weighted by molar-refractivity contribution is 1.50. The quantitative estimate of drug-likeness (QED) is 0.470. The first-order chi connectivity index (χ1) is 4.43. The van der Waals surface area contributed by atoms with Gasteiger partial charge in [-0.05, 0) is 12.1 Å². The molecule has 0 aliphatic carbocycles. The SMILES string of the molecule is ICNc1ccccc1. The Morgan fingerprint density at radius 2 is 1.89 bits per heavy atom. The van der Waals surface area contributed by atoms with Crippen molar-refractivity contribution in [2.75, 3.05) is 9.87 Å². The van der Waals surface area contributed by atoms with Crippen LogP contribution in [-0.2, 0) is 0 Å². The molecule has 2 heteroatoms. The number of anilines is 1. The largest absolute Gasteiger partial charge is 0.376 e. The topological polar surface area (TPSA) is 12.0 Å². The van der Waals surface area contributed by atoms with Crippen molar-refractivity contribution in [3.63, 3.8) is 0 Å². The van der Waals surface area contributed by atoms with Crippen LogP contribution in [0.3, 0.4) is 0 Å². The molecular formula is C7H8IN. The van der Waals surface area contributed by atoms with E-state index in [1.54, 1.807) is 0 Å². The molecule has 0 bridgehead atoms. The maximum Gasteiger partial charge on any atom is 0.0670 e. The third-order valence-electron chi connectivity index (χ3n) is 1.04. The van der Waals surface area contributed by atoms with E-state index in [0.29, 0.717) is 0 Å². The molecule has 1 aromatic rings. The molecule has 0 saturated heterocycles. The normalized spacial score (nSPS) is 9.00. The van der Waals surface area contributed by atoms with Gasteiger partial charge in [0.2, 0.25) is 0 Å². The van der Waals surface area contributed by atoms with Crippen LogP contribution in [0.5, 0.6) is 0 Å².